The smallest absolute Gasteiger partial charge is 0.129 e. The highest BCUT2D eigenvalue weighted by Crippen LogP contribution is 2.16. The van der Waals surface area contributed by atoms with Gasteiger partial charge in [0, 0.05) is 25.4 Å². The van der Waals surface area contributed by atoms with E-state index in [0.29, 0.717) is 13.2 Å². The first kappa shape index (κ1) is 13.8. The molecule has 1 aromatic rings. The number of ether oxygens (including phenoxy) is 2. The van der Waals surface area contributed by atoms with Crippen molar-refractivity contribution < 1.29 is 9.47 Å². The summed E-state index contributed by atoms with van der Waals surface area (Å²) in [6.07, 6.45) is 2.88. The highest BCUT2D eigenvalue weighted by molar-refractivity contribution is 5.40. The molecule has 1 rings (SSSR count). The lowest BCUT2D eigenvalue weighted by atomic mass is 10.4. The molecule has 1 N–H and O–H groups in total. The van der Waals surface area contributed by atoms with Crippen LogP contribution in [0, 0.1) is 0 Å². The second-order valence-electron chi connectivity index (χ2n) is 3.89. The Hall–Kier alpha value is -1.29. The maximum Gasteiger partial charge on any atom is 0.129 e. The van der Waals surface area contributed by atoms with Gasteiger partial charge >= 0.3 is 0 Å². The van der Waals surface area contributed by atoms with Gasteiger partial charge in [-0.2, -0.15) is 0 Å². The Balaban J connectivity index is 2.47. The fraction of sp³-hybridized carbons (Fsp3) is 0.615. The van der Waals surface area contributed by atoms with Crippen LogP contribution in [0.1, 0.15) is 27.2 Å². The Morgan fingerprint density at radius 2 is 2.24 bits per heavy atom. The van der Waals surface area contributed by atoms with Gasteiger partial charge in [-0.1, -0.05) is 6.92 Å². The van der Waals surface area contributed by atoms with Crippen molar-refractivity contribution in [3.05, 3.63) is 18.3 Å². The molecule has 0 aliphatic heterocycles. The minimum absolute atomic E-state index is 0.0522. The van der Waals surface area contributed by atoms with Crippen LogP contribution in [0.25, 0.3) is 0 Å². The third-order valence-electron chi connectivity index (χ3n) is 2.18. The molecule has 0 spiro atoms. The lowest BCUT2D eigenvalue weighted by Gasteiger charge is -2.15. The number of aromatic nitrogens is 1. The normalized spacial score (nSPS) is 12.2. The van der Waals surface area contributed by atoms with Crippen molar-refractivity contribution in [3.63, 3.8) is 0 Å². The van der Waals surface area contributed by atoms with Gasteiger partial charge in [-0.3, -0.25) is 0 Å². The highest BCUT2D eigenvalue weighted by atomic mass is 16.5. The van der Waals surface area contributed by atoms with E-state index in [2.05, 4.69) is 17.2 Å². The molecule has 17 heavy (non-hydrogen) atoms. The van der Waals surface area contributed by atoms with Gasteiger partial charge in [-0.25, -0.2) is 4.98 Å². The first-order valence-corrected chi connectivity index (χ1v) is 6.20. The van der Waals surface area contributed by atoms with Crippen LogP contribution in [0.3, 0.4) is 0 Å². The fourth-order valence-electron chi connectivity index (χ4n) is 1.38. The van der Waals surface area contributed by atoms with Gasteiger partial charge in [0.25, 0.3) is 0 Å². The van der Waals surface area contributed by atoms with Crippen molar-refractivity contribution in [2.45, 2.75) is 33.3 Å². The molecule has 96 valence electrons. The molecule has 4 heteroatoms. The number of nitrogens with zero attached hydrogens (tertiary/aromatic N) is 1. The maximum absolute atomic E-state index is 5.73. The second kappa shape index (κ2) is 7.90. The summed E-state index contributed by atoms with van der Waals surface area (Å²) in [5, 5.41) is 3.23. The summed E-state index contributed by atoms with van der Waals surface area (Å²) in [7, 11) is 0. The third kappa shape index (κ3) is 5.54. The topological polar surface area (TPSA) is 43.4 Å². The molecule has 0 aromatic carbocycles. The largest absolute Gasteiger partial charge is 0.488 e. The highest BCUT2D eigenvalue weighted by Gasteiger charge is 2.04. The first-order valence-electron chi connectivity index (χ1n) is 6.20. The molecule has 0 aliphatic rings. The molecule has 0 bridgehead atoms. The zero-order chi connectivity index (χ0) is 12.5. The summed E-state index contributed by atoms with van der Waals surface area (Å²) in [6, 6.07) is 3.78. The van der Waals surface area contributed by atoms with E-state index in [1.54, 1.807) is 6.20 Å². The van der Waals surface area contributed by atoms with Gasteiger partial charge < -0.3 is 14.8 Å². The van der Waals surface area contributed by atoms with E-state index >= 15 is 0 Å². The molecular formula is C13H22N2O2. The molecular weight excluding hydrogens is 216 g/mol. The van der Waals surface area contributed by atoms with Crippen LogP contribution in [0.5, 0.6) is 5.75 Å². The van der Waals surface area contributed by atoms with Crippen LogP contribution < -0.4 is 10.1 Å². The monoisotopic (exact) mass is 238 g/mol. The van der Waals surface area contributed by atoms with Crippen LogP contribution in [0.2, 0.25) is 0 Å². The quantitative estimate of drug-likeness (QED) is 0.756. The van der Waals surface area contributed by atoms with Gasteiger partial charge in [-0.15, -0.1) is 0 Å². The summed E-state index contributed by atoms with van der Waals surface area (Å²) in [5.41, 5.74) is 0. The lowest BCUT2D eigenvalue weighted by molar-refractivity contribution is 0.0657. The lowest BCUT2D eigenvalue weighted by Crippen LogP contribution is -2.19. The van der Waals surface area contributed by atoms with Gasteiger partial charge in [0.1, 0.15) is 17.7 Å². The molecule has 0 amide bonds. The SMILES string of the molecule is CCCNc1cc(OC(C)COCC)ccn1. The van der Waals surface area contributed by atoms with E-state index in [1.165, 1.54) is 0 Å². The van der Waals surface area contributed by atoms with E-state index in [9.17, 15) is 0 Å². The van der Waals surface area contributed by atoms with Crippen LogP contribution in [0.4, 0.5) is 5.82 Å². The molecule has 1 heterocycles. The van der Waals surface area contributed by atoms with Gasteiger partial charge in [0.2, 0.25) is 0 Å². The Morgan fingerprint density at radius 1 is 1.41 bits per heavy atom. The predicted molar refractivity (Wildman–Crippen MR) is 69.6 cm³/mol. The van der Waals surface area contributed by atoms with Crippen LogP contribution in [-0.2, 0) is 4.74 Å². The van der Waals surface area contributed by atoms with Gasteiger partial charge in [0.15, 0.2) is 0 Å². The van der Waals surface area contributed by atoms with E-state index < -0.39 is 0 Å². The summed E-state index contributed by atoms with van der Waals surface area (Å²) in [5.74, 6) is 1.68. The van der Waals surface area contributed by atoms with E-state index in [4.69, 9.17) is 9.47 Å². The standard InChI is InChI=1S/C13H22N2O2/c1-4-7-14-13-9-12(6-8-15-13)17-11(3)10-16-5-2/h6,8-9,11H,4-5,7,10H2,1-3H3,(H,14,15). The Kier molecular flexibility index (Phi) is 6.40. The minimum Gasteiger partial charge on any atom is -0.488 e. The summed E-state index contributed by atoms with van der Waals surface area (Å²) >= 11 is 0. The number of pyridine rings is 1. The molecule has 1 aromatic heterocycles. The van der Waals surface area contributed by atoms with Crippen LogP contribution >= 0.6 is 0 Å². The molecule has 0 radical (unpaired) electrons. The van der Waals surface area contributed by atoms with E-state index in [-0.39, 0.29) is 6.10 Å². The number of hydrogen-bond acceptors (Lipinski definition) is 4. The Morgan fingerprint density at radius 3 is 2.94 bits per heavy atom. The molecule has 0 saturated carbocycles. The number of nitrogens with one attached hydrogen (secondary N) is 1. The van der Waals surface area contributed by atoms with Gasteiger partial charge in [0.05, 0.1) is 6.61 Å². The van der Waals surface area contributed by atoms with E-state index in [1.807, 2.05) is 26.0 Å². The molecule has 1 unspecified atom stereocenters. The first-order chi connectivity index (χ1) is 8.26. The van der Waals surface area contributed by atoms with Crippen molar-refractivity contribution in [2.75, 3.05) is 25.1 Å². The van der Waals surface area contributed by atoms with Crippen molar-refractivity contribution in [1.29, 1.82) is 0 Å². The summed E-state index contributed by atoms with van der Waals surface area (Å²) < 4.78 is 11.0. The molecule has 0 fully saturated rings. The summed E-state index contributed by atoms with van der Waals surface area (Å²) in [6.45, 7) is 8.34. The average molecular weight is 238 g/mol. The fourth-order valence-corrected chi connectivity index (χ4v) is 1.38. The van der Waals surface area contributed by atoms with Crippen molar-refractivity contribution in [1.82, 2.24) is 4.98 Å². The Bertz CT molecular complexity index is 318. The minimum atomic E-state index is 0.0522. The van der Waals surface area contributed by atoms with Crippen LogP contribution in [0.15, 0.2) is 18.3 Å². The van der Waals surface area contributed by atoms with Gasteiger partial charge in [-0.05, 0) is 26.3 Å². The zero-order valence-corrected chi connectivity index (χ0v) is 10.9. The number of hydrogen-bond donors (Lipinski definition) is 1. The number of rotatable bonds is 8. The maximum atomic E-state index is 5.73. The second-order valence-corrected chi connectivity index (χ2v) is 3.89. The van der Waals surface area contributed by atoms with Crippen LogP contribution in [-0.4, -0.2) is 30.8 Å². The zero-order valence-electron chi connectivity index (χ0n) is 10.9. The third-order valence-corrected chi connectivity index (χ3v) is 2.18. The molecule has 0 aliphatic carbocycles. The number of anilines is 1. The average Bonchev–Trinajstić information content (AvgIpc) is 2.34. The van der Waals surface area contributed by atoms with E-state index in [0.717, 1.165) is 24.5 Å². The van der Waals surface area contributed by atoms with Crippen molar-refractivity contribution in [2.24, 2.45) is 0 Å². The summed E-state index contributed by atoms with van der Waals surface area (Å²) in [4.78, 5) is 4.22. The predicted octanol–water partition coefficient (Wildman–Crippen LogP) is 2.71. The van der Waals surface area contributed by atoms with Crippen molar-refractivity contribution >= 4 is 5.82 Å². The molecule has 0 saturated heterocycles. The molecule has 4 nitrogen and oxygen atoms in total. The van der Waals surface area contributed by atoms with Crippen molar-refractivity contribution in [3.8, 4) is 5.75 Å². The Labute approximate surface area is 103 Å². The molecule has 1 atom stereocenters.